The fraction of sp³-hybridized carbons (Fsp3) is 0.235. The summed E-state index contributed by atoms with van der Waals surface area (Å²) in [7, 11) is 0. The maximum atomic E-state index is 12.8. The molecule has 0 saturated heterocycles. The Labute approximate surface area is 149 Å². The number of hydrogen-bond donors (Lipinski definition) is 2. The first-order valence-electron chi connectivity index (χ1n) is 7.64. The monoisotopic (exact) mass is 358 g/mol. The summed E-state index contributed by atoms with van der Waals surface area (Å²) in [5.41, 5.74) is 2.57. The second-order valence-electron chi connectivity index (χ2n) is 5.87. The van der Waals surface area contributed by atoms with E-state index in [1.165, 1.54) is 11.3 Å². The quantitative estimate of drug-likeness (QED) is 0.642. The highest BCUT2D eigenvalue weighted by molar-refractivity contribution is 7.73. The number of pyridine rings is 1. The lowest BCUT2D eigenvalue weighted by Gasteiger charge is -2.25. The Morgan fingerprint density at radius 2 is 2.08 bits per heavy atom. The first kappa shape index (κ1) is 16.6. The zero-order valence-corrected chi connectivity index (χ0v) is 15.1. The molecule has 1 aromatic carbocycles. The molecule has 3 rings (SSSR count). The van der Waals surface area contributed by atoms with Gasteiger partial charge in [0, 0.05) is 30.3 Å². The average Bonchev–Trinajstić information content (AvgIpc) is 2.92. The summed E-state index contributed by atoms with van der Waals surface area (Å²) in [5, 5.41) is 2.92. The Balaban J connectivity index is 1.91. The van der Waals surface area contributed by atoms with Crippen molar-refractivity contribution in [1.29, 1.82) is 0 Å². The number of nitrogens with zero attached hydrogens (tertiary/aromatic N) is 2. The predicted molar refractivity (Wildman–Crippen MR) is 102 cm³/mol. The number of H-pyrrole nitrogens is 1. The van der Waals surface area contributed by atoms with Gasteiger partial charge in [-0.05, 0) is 48.5 Å². The van der Waals surface area contributed by atoms with E-state index in [1.807, 2.05) is 18.2 Å². The van der Waals surface area contributed by atoms with Gasteiger partial charge in [0.05, 0.1) is 10.2 Å². The number of fused-ring (bicyclic) bond motifs is 1. The number of carbonyl (C=O) groups excluding carboxylic acids is 1. The second-order valence-corrected chi connectivity index (χ2v) is 7.58. The first-order chi connectivity index (χ1) is 11.5. The van der Waals surface area contributed by atoms with Gasteiger partial charge in [-0.1, -0.05) is 13.8 Å². The number of anilines is 2. The molecule has 24 heavy (non-hydrogen) atoms. The molecule has 2 aromatic heterocycles. The van der Waals surface area contributed by atoms with Crippen molar-refractivity contribution >= 4 is 51.2 Å². The van der Waals surface area contributed by atoms with Gasteiger partial charge < -0.3 is 10.3 Å². The van der Waals surface area contributed by atoms with E-state index in [9.17, 15) is 4.79 Å². The highest BCUT2D eigenvalue weighted by atomic mass is 32.1. The van der Waals surface area contributed by atoms with Crippen LogP contribution >= 0.6 is 23.6 Å². The molecule has 0 bridgehead atoms. The number of aromatic nitrogens is 2. The number of amides is 2. The number of nitrogens with one attached hydrogen (secondary N) is 2. The summed E-state index contributed by atoms with van der Waals surface area (Å²) >= 11 is 6.71. The molecular formula is C17H18N4OS2. The Morgan fingerprint density at radius 1 is 1.33 bits per heavy atom. The van der Waals surface area contributed by atoms with Crippen molar-refractivity contribution in [3.8, 4) is 0 Å². The minimum atomic E-state index is -0.159. The number of aromatic amines is 1. The lowest BCUT2D eigenvalue weighted by molar-refractivity contribution is 0.256. The van der Waals surface area contributed by atoms with Crippen LogP contribution in [-0.4, -0.2) is 22.5 Å². The third kappa shape index (κ3) is 3.80. The van der Waals surface area contributed by atoms with Crippen LogP contribution in [0.1, 0.15) is 13.8 Å². The lowest BCUT2D eigenvalue weighted by Crippen LogP contribution is -2.37. The third-order valence-electron chi connectivity index (χ3n) is 3.44. The van der Waals surface area contributed by atoms with E-state index in [-0.39, 0.29) is 6.03 Å². The van der Waals surface area contributed by atoms with Gasteiger partial charge >= 0.3 is 6.03 Å². The fourth-order valence-electron chi connectivity index (χ4n) is 2.40. The van der Waals surface area contributed by atoms with Crippen LogP contribution in [0.25, 0.3) is 10.2 Å². The molecule has 0 saturated carbocycles. The zero-order chi connectivity index (χ0) is 17.1. The van der Waals surface area contributed by atoms with Gasteiger partial charge in [0.25, 0.3) is 0 Å². The lowest BCUT2D eigenvalue weighted by atomic mass is 10.2. The second kappa shape index (κ2) is 7.11. The first-order valence-corrected chi connectivity index (χ1v) is 8.87. The fourth-order valence-corrected chi connectivity index (χ4v) is 3.55. The Kier molecular flexibility index (Phi) is 4.92. The molecule has 0 unspecified atom stereocenters. The van der Waals surface area contributed by atoms with Crippen LogP contribution in [0.5, 0.6) is 0 Å². The van der Waals surface area contributed by atoms with Crippen molar-refractivity contribution in [3.63, 3.8) is 0 Å². The molecular weight excluding hydrogens is 340 g/mol. The van der Waals surface area contributed by atoms with Crippen molar-refractivity contribution in [1.82, 2.24) is 9.97 Å². The van der Waals surface area contributed by atoms with Crippen molar-refractivity contribution in [2.24, 2.45) is 5.92 Å². The van der Waals surface area contributed by atoms with E-state index in [4.69, 9.17) is 12.2 Å². The number of thiazole rings is 1. The van der Waals surface area contributed by atoms with Gasteiger partial charge in [-0.3, -0.25) is 9.88 Å². The van der Waals surface area contributed by atoms with Crippen LogP contribution in [0.4, 0.5) is 16.2 Å². The van der Waals surface area contributed by atoms with Gasteiger partial charge in [0.15, 0.2) is 3.95 Å². The predicted octanol–water partition coefficient (Wildman–Crippen LogP) is 5.05. The minimum Gasteiger partial charge on any atom is -0.337 e. The number of rotatable bonds is 4. The van der Waals surface area contributed by atoms with Gasteiger partial charge in [0.2, 0.25) is 0 Å². The van der Waals surface area contributed by atoms with Crippen LogP contribution in [0.2, 0.25) is 0 Å². The van der Waals surface area contributed by atoms with Crippen LogP contribution in [0.15, 0.2) is 42.7 Å². The molecule has 2 N–H and O–H groups in total. The molecule has 0 aliphatic heterocycles. The molecule has 3 aromatic rings. The van der Waals surface area contributed by atoms with Gasteiger partial charge in [-0.25, -0.2) is 4.79 Å². The van der Waals surface area contributed by atoms with Crippen LogP contribution in [0, 0.1) is 9.87 Å². The van der Waals surface area contributed by atoms with Crippen LogP contribution in [-0.2, 0) is 0 Å². The van der Waals surface area contributed by atoms with Crippen LogP contribution in [0.3, 0.4) is 0 Å². The summed E-state index contributed by atoms with van der Waals surface area (Å²) in [6.07, 6.45) is 3.31. The molecule has 0 aliphatic rings. The van der Waals surface area contributed by atoms with Gasteiger partial charge in [-0.15, -0.1) is 11.3 Å². The van der Waals surface area contributed by atoms with E-state index < -0.39 is 0 Å². The summed E-state index contributed by atoms with van der Waals surface area (Å²) in [6.45, 7) is 4.80. The average molecular weight is 358 g/mol. The molecule has 0 aliphatic carbocycles. The maximum Gasteiger partial charge on any atom is 0.326 e. The Bertz CT molecular complexity index is 902. The maximum absolute atomic E-state index is 12.8. The highest BCUT2D eigenvalue weighted by Crippen LogP contribution is 2.26. The Morgan fingerprint density at radius 3 is 2.79 bits per heavy atom. The zero-order valence-electron chi connectivity index (χ0n) is 13.4. The van der Waals surface area contributed by atoms with E-state index >= 15 is 0 Å². The SMILES string of the molecule is CC(C)CN(C(=O)Nc1ccncc1)c1ccc2[nH]c(=S)sc2c1. The molecule has 0 spiro atoms. The Hall–Kier alpha value is -2.25. The van der Waals surface area contributed by atoms with Crippen LogP contribution < -0.4 is 10.2 Å². The molecule has 0 fully saturated rings. The van der Waals surface area contributed by atoms with Crippen molar-refractivity contribution in [2.75, 3.05) is 16.8 Å². The van der Waals surface area contributed by atoms with Gasteiger partial charge in [-0.2, -0.15) is 0 Å². The summed E-state index contributed by atoms with van der Waals surface area (Å²) in [6, 6.07) is 9.28. The molecule has 7 heteroatoms. The standard InChI is InChI=1S/C17H18N4OS2/c1-11(2)10-21(16(22)19-12-5-7-18-8-6-12)13-3-4-14-15(9-13)24-17(23)20-14/h3-9,11H,10H2,1-2H3,(H,20,23)(H,18,19,22). The molecule has 124 valence electrons. The number of carbonyl (C=O) groups is 1. The molecule has 2 amide bonds. The van der Waals surface area contributed by atoms with Crippen molar-refractivity contribution in [2.45, 2.75) is 13.8 Å². The summed E-state index contributed by atoms with van der Waals surface area (Å²) in [4.78, 5) is 21.6. The largest absolute Gasteiger partial charge is 0.337 e. The normalized spacial score (nSPS) is 11.0. The highest BCUT2D eigenvalue weighted by Gasteiger charge is 2.18. The van der Waals surface area contributed by atoms with E-state index in [2.05, 4.69) is 29.1 Å². The number of benzene rings is 1. The van der Waals surface area contributed by atoms with Crippen molar-refractivity contribution < 1.29 is 4.79 Å². The minimum absolute atomic E-state index is 0.159. The smallest absolute Gasteiger partial charge is 0.326 e. The molecule has 2 heterocycles. The molecule has 5 nitrogen and oxygen atoms in total. The van der Waals surface area contributed by atoms with Crippen molar-refractivity contribution in [3.05, 3.63) is 46.7 Å². The van der Waals surface area contributed by atoms with E-state index in [1.54, 1.807) is 29.4 Å². The van der Waals surface area contributed by atoms with E-state index in [0.29, 0.717) is 12.5 Å². The molecule has 0 radical (unpaired) electrons. The number of urea groups is 1. The molecule has 0 atom stereocenters. The third-order valence-corrected chi connectivity index (χ3v) is 4.64. The summed E-state index contributed by atoms with van der Waals surface area (Å²) in [5.74, 6) is 0.341. The number of hydrogen-bond acceptors (Lipinski definition) is 4. The van der Waals surface area contributed by atoms with E-state index in [0.717, 1.165) is 25.5 Å². The topological polar surface area (TPSA) is 61.0 Å². The van der Waals surface area contributed by atoms with Gasteiger partial charge in [0.1, 0.15) is 0 Å². The summed E-state index contributed by atoms with van der Waals surface area (Å²) < 4.78 is 1.78.